The molecule has 9 atom stereocenters. The lowest BCUT2D eigenvalue weighted by atomic mass is 9.82. The van der Waals surface area contributed by atoms with Gasteiger partial charge in [-0.15, -0.1) is 0 Å². The lowest BCUT2D eigenvalue weighted by Crippen LogP contribution is -2.60. The highest BCUT2D eigenvalue weighted by molar-refractivity contribution is 5.91. The first-order valence-electron chi connectivity index (χ1n) is 13.3. The number of aliphatic hydroxyl groups is 4. The summed E-state index contributed by atoms with van der Waals surface area (Å²) < 4.78 is 23.1. The molecule has 0 spiro atoms. The Kier molecular flexibility index (Phi) is 8.14. The zero-order valence-corrected chi connectivity index (χ0v) is 22.0. The molecular weight excluding hydrogens is 524 g/mol. The van der Waals surface area contributed by atoms with Crippen molar-refractivity contribution in [3.63, 3.8) is 0 Å². The van der Waals surface area contributed by atoms with Crippen LogP contribution in [0.5, 0.6) is 5.75 Å². The van der Waals surface area contributed by atoms with Crippen molar-refractivity contribution in [3.8, 4) is 5.75 Å². The number of phenols is 1. The van der Waals surface area contributed by atoms with Crippen molar-refractivity contribution in [1.82, 2.24) is 0 Å². The van der Waals surface area contributed by atoms with Crippen LogP contribution >= 0.6 is 0 Å². The van der Waals surface area contributed by atoms with E-state index < -0.39 is 67.4 Å². The smallest absolute Gasteiger partial charge is 0.334 e. The zero-order valence-electron chi connectivity index (χ0n) is 22.0. The van der Waals surface area contributed by atoms with E-state index in [0.717, 1.165) is 16.7 Å². The first-order chi connectivity index (χ1) is 19.1. The van der Waals surface area contributed by atoms with Crippen LogP contribution in [0.1, 0.15) is 25.3 Å². The molecule has 11 heteroatoms. The molecule has 0 bridgehead atoms. The number of benzene rings is 1. The molecule has 40 heavy (non-hydrogen) atoms. The van der Waals surface area contributed by atoms with Gasteiger partial charge in [-0.05, 0) is 43.0 Å². The second-order valence-electron chi connectivity index (χ2n) is 10.8. The van der Waals surface area contributed by atoms with Gasteiger partial charge in [-0.1, -0.05) is 35.9 Å². The number of hydrogen-bond donors (Lipinski definition) is 5. The van der Waals surface area contributed by atoms with Gasteiger partial charge in [0.05, 0.1) is 25.0 Å². The van der Waals surface area contributed by atoms with Crippen LogP contribution in [0, 0.1) is 11.8 Å². The average Bonchev–Trinajstić information content (AvgIpc) is 3.45. The summed E-state index contributed by atoms with van der Waals surface area (Å²) in [6, 6.07) is 6.28. The number of fused-ring (bicyclic) bond motifs is 3. The summed E-state index contributed by atoms with van der Waals surface area (Å²) in [5, 5.41) is 49.9. The molecule has 0 radical (unpaired) electrons. The molecular formula is C29H34O11. The number of allylic oxidation sites excluding steroid dienone is 1. The lowest BCUT2D eigenvalue weighted by molar-refractivity contribution is -0.314. The quantitative estimate of drug-likeness (QED) is 0.178. The number of carbonyl (C=O) groups is 2. The topological polar surface area (TPSA) is 172 Å². The van der Waals surface area contributed by atoms with Crippen molar-refractivity contribution < 1.29 is 54.1 Å². The third-order valence-corrected chi connectivity index (χ3v) is 8.25. The van der Waals surface area contributed by atoms with Gasteiger partial charge < -0.3 is 44.5 Å². The molecule has 1 aromatic carbocycles. The predicted molar refractivity (Wildman–Crippen MR) is 137 cm³/mol. The molecule has 2 aliphatic carbocycles. The summed E-state index contributed by atoms with van der Waals surface area (Å²) in [7, 11) is 0. The fourth-order valence-corrected chi connectivity index (χ4v) is 6.07. The van der Waals surface area contributed by atoms with Gasteiger partial charge in [0.2, 0.25) is 0 Å². The van der Waals surface area contributed by atoms with Gasteiger partial charge in [-0.3, -0.25) is 4.79 Å². The molecule has 11 nitrogen and oxygen atoms in total. The largest absolute Gasteiger partial charge is 0.508 e. The van der Waals surface area contributed by atoms with Gasteiger partial charge in [0, 0.05) is 11.5 Å². The maximum absolute atomic E-state index is 12.7. The predicted octanol–water partition coefficient (Wildman–Crippen LogP) is 0.427. The van der Waals surface area contributed by atoms with E-state index in [0.29, 0.717) is 18.4 Å². The molecule has 216 valence electrons. The number of rotatable bonds is 7. The molecule has 0 amide bonds. The number of aromatic hydroxyl groups is 1. The summed E-state index contributed by atoms with van der Waals surface area (Å²) >= 11 is 0. The molecule has 1 aromatic rings. The minimum atomic E-state index is -1.60. The molecule has 0 aromatic heterocycles. The summed E-state index contributed by atoms with van der Waals surface area (Å²) in [6.45, 7) is 5.29. The van der Waals surface area contributed by atoms with E-state index in [9.17, 15) is 35.1 Å². The molecule has 2 heterocycles. The molecule has 0 unspecified atom stereocenters. The Morgan fingerprint density at radius 2 is 1.85 bits per heavy atom. The Bertz CT molecular complexity index is 1220. The number of phenolic OH excluding ortho intramolecular Hbond substituents is 1. The summed E-state index contributed by atoms with van der Waals surface area (Å²) in [4.78, 5) is 25.3. The van der Waals surface area contributed by atoms with Crippen molar-refractivity contribution in [2.75, 3.05) is 13.2 Å². The Morgan fingerprint density at radius 3 is 2.55 bits per heavy atom. The van der Waals surface area contributed by atoms with Crippen molar-refractivity contribution in [2.24, 2.45) is 11.8 Å². The molecule has 2 fully saturated rings. The van der Waals surface area contributed by atoms with E-state index >= 15 is 0 Å². The average molecular weight is 559 g/mol. The van der Waals surface area contributed by atoms with Crippen molar-refractivity contribution in [2.45, 2.75) is 69.1 Å². The fourth-order valence-electron chi connectivity index (χ4n) is 6.07. The van der Waals surface area contributed by atoms with Crippen molar-refractivity contribution in [1.29, 1.82) is 0 Å². The normalized spacial score (nSPS) is 35.5. The highest BCUT2D eigenvalue weighted by Gasteiger charge is 2.54. The van der Waals surface area contributed by atoms with E-state index in [4.69, 9.17) is 18.9 Å². The van der Waals surface area contributed by atoms with E-state index in [1.165, 1.54) is 12.1 Å². The van der Waals surface area contributed by atoms with Gasteiger partial charge in [0.15, 0.2) is 6.29 Å². The van der Waals surface area contributed by atoms with Crippen molar-refractivity contribution >= 4 is 11.9 Å². The third-order valence-electron chi connectivity index (χ3n) is 8.25. The van der Waals surface area contributed by atoms with Crippen LogP contribution in [0.15, 0.2) is 59.2 Å². The zero-order chi connectivity index (χ0) is 28.7. The number of ether oxygens (including phenoxy) is 4. The molecule has 5 N–H and O–H groups in total. The molecule has 2 aliphatic heterocycles. The van der Waals surface area contributed by atoms with Gasteiger partial charge in [0.25, 0.3) is 0 Å². The highest BCUT2D eigenvalue weighted by Crippen LogP contribution is 2.49. The first-order valence-corrected chi connectivity index (χ1v) is 13.3. The summed E-state index contributed by atoms with van der Waals surface area (Å²) in [5.74, 6) is -1.91. The summed E-state index contributed by atoms with van der Waals surface area (Å²) in [6.07, 6.45) is -5.76. The third kappa shape index (κ3) is 5.32. The molecule has 0 saturated carbocycles. The van der Waals surface area contributed by atoms with Crippen molar-refractivity contribution in [3.05, 3.63) is 64.8 Å². The van der Waals surface area contributed by atoms with Crippen LogP contribution in [0.25, 0.3) is 0 Å². The van der Waals surface area contributed by atoms with Crippen LogP contribution in [-0.2, 0) is 35.0 Å². The van der Waals surface area contributed by atoms with E-state index in [1.54, 1.807) is 12.1 Å². The lowest BCUT2D eigenvalue weighted by Gasteiger charge is -2.41. The maximum Gasteiger partial charge on any atom is 0.334 e. The van der Waals surface area contributed by atoms with Crippen LogP contribution in [-0.4, -0.2) is 93.6 Å². The Hall–Kier alpha value is -3.06. The van der Waals surface area contributed by atoms with E-state index in [-0.39, 0.29) is 30.3 Å². The van der Waals surface area contributed by atoms with Gasteiger partial charge in [-0.2, -0.15) is 0 Å². The minimum Gasteiger partial charge on any atom is -0.508 e. The Labute approximate surface area is 230 Å². The van der Waals surface area contributed by atoms with Crippen LogP contribution in [0.4, 0.5) is 0 Å². The van der Waals surface area contributed by atoms with E-state index in [2.05, 4.69) is 6.58 Å². The molecule has 5 rings (SSSR count). The maximum atomic E-state index is 12.7. The fraction of sp³-hybridized carbons (Fsp3) is 0.517. The van der Waals surface area contributed by atoms with Gasteiger partial charge in [-0.25, -0.2) is 4.79 Å². The molecule has 4 aliphatic rings. The monoisotopic (exact) mass is 558 g/mol. The highest BCUT2D eigenvalue weighted by atomic mass is 16.7. The Morgan fingerprint density at radius 1 is 1.12 bits per heavy atom. The number of hydrogen-bond acceptors (Lipinski definition) is 11. The van der Waals surface area contributed by atoms with Gasteiger partial charge >= 0.3 is 11.9 Å². The second-order valence-corrected chi connectivity index (χ2v) is 10.8. The number of carbonyl (C=O) groups excluding carboxylic acids is 2. The summed E-state index contributed by atoms with van der Waals surface area (Å²) in [5.41, 5.74) is 3.67. The second kappa shape index (κ2) is 11.4. The Balaban J connectivity index is 1.33. The minimum absolute atomic E-state index is 0.00381. The molecule has 2 saturated heterocycles. The van der Waals surface area contributed by atoms with Gasteiger partial charge in [0.1, 0.15) is 42.9 Å². The van der Waals surface area contributed by atoms with Crippen LogP contribution < -0.4 is 0 Å². The SMILES string of the molecule is C=C1C(=O)O[C@@H]2[C@H]3C(COC(=O)Cc4ccc(O)cc4)=CCC3=C(C)C[C@H](O[C@@H]3O[C@H](CO)[C@@H](O)[C@H](O)[C@H]3O)[C@@H]12. The van der Waals surface area contributed by atoms with Crippen LogP contribution in [0.2, 0.25) is 0 Å². The first kappa shape index (κ1) is 28.5. The standard InChI is InChI=1S/C29H34O11/c1-13-9-19(38-29-26(35)25(34)24(33)20(11-30)39-29)22-14(2)28(36)40-27(22)23-16(5-8-18(13)23)12-37-21(32)10-15-3-6-17(31)7-4-15/h3-7,19-20,22-27,29-31,33-35H,2,8-12H2,1H3/t19-,20+,22+,23-,24+,25-,26+,27-,29+/m0/s1. The van der Waals surface area contributed by atoms with E-state index in [1.807, 2.05) is 13.0 Å². The number of esters is 2. The van der Waals surface area contributed by atoms with Crippen LogP contribution in [0.3, 0.4) is 0 Å². The number of aliphatic hydroxyl groups excluding tert-OH is 4.